The van der Waals surface area contributed by atoms with Crippen molar-refractivity contribution in [3.8, 4) is 101 Å². The summed E-state index contributed by atoms with van der Waals surface area (Å²) in [6.07, 6.45) is 31.9. The van der Waals surface area contributed by atoms with E-state index in [1.54, 1.807) is 60.5 Å². The molecule has 3 saturated carbocycles. The van der Waals surface area contributed by atoms with E-state index in [1.807, 2.05) is 39.3 Å². The first-order valence-electron chi connectivity index (χ1n) is 40.0. The Balaban J connectivity index is 0.000000144. The summed E-state index contributed by atoms with van der Waals surface area (Å²) in [5.74, 6) is -2.06. The number of tetrazole rings is 3. The third-order valence-electron chi connectivity index (χ3n) is 22.9. The van der Waals surface area contributed by atoms with Gasteiger partial charge in [0.1, 0.15) is 34.5 Å². The minimum atomic E-state index is -1.11. The van der Waals surface area contributed by atoms with Crippen LogP contribution in [-0.2, 0) is 11.3 Å². The molecule has 610 valence electrons. The van der Waals surface area contributed by atoms with Crippen molar-refractivity contribution < 1.29 is 45.3 Å². The van der Waals surface area contributed by atoms with Crippen LogP contribution in [0.4, 0.5) is 43.8 Å². The first-order chi connectivity index (χ1) is 56.4. The second-order valence-corrected chi connectivity index (χ2v) is 31.8. The van der Waals surface area contributed by atoms with Crippen LogP contribution in [-0.4, -0.2) is 128 Å². The van der Waals surface area contributed by atoms with E-state index >= 15 is 22.0 Å². The summed E-state index contributed by atoms with van der Waals surface area (Å²) < 4.78 is 121. The number of nitrogens with zero attached hydrogens (tertiary/aromatic N) is 19. The zero-order chi connectivity index (χ0) is 80.9. The number of anilines is 3. The van der Waals surface area contributed by atoms with Crippen LogP contribution in [0.25, 0.3) is 83.9 Å². The number of nitrogens with two attached hydrogens (primary N) is 3. The van der Waals surface area contributed by atoms with Gasteiger partial charge in [0.15, 0.2) is 52.2 Å². The molecule has 16 rings (SSSR count). The van der Waals surface area contributed by atoms with Gasteiger partial charge >= 0.3 is 0 Å². The SMILES string of the molecule is CCC1CCC(COc2ccc(-n3nnnc3-c3cc(-c4cccs4)cnc3N)c(F)c2F)CC1.CCC1CCC(COc2ccc(-n3nnnc3-c3cc(-c4cnn(C5CCOCC5)c4)cnc3N)c(F)c2F)CC1.CCC1CCC(COc2ccc(-n3nnnc3-c3cc(-c4cnn(CCC(C)C)c4)cnc3N)c(F)c2F)CC1. The van der Waals surface area contributed by atoms with Crippen molar-refractivity contribution in [2.45, 2.75) is 163 Å². The van der Waals surface area contributed by atoms with Crippen molar-refractivity contribution in [1.82, 2.24) is 95.1 Å². The number of ether oxygens (including phenoxy) is 4. The molecule has 26 nitrogen and oxygen atoms in total. The minimum Gasteiger partial charge on any atom is -0.490 e. The number of aryl methyl sites for hydroxylation is 1. The predicted molar refractivity (Wildman–Crippen MR) is 428 cm³/mol. The molecule has 4 fully saturated rings. The molecule has 1 saturated heterocycles. The zero-order valence-corrected chi connectivity index (χ0v) is 66.4. The normalized spacial score (nSPS) is 18.5. The molecule has 12 aromatic rings. The topological polar surface area (TPSA) is 320 Å². The highest BCUT2D eigenvalue weighted by Gasteiger charge is 2.30. The molecule has 33 heteroatoms. The highest BCUT2D eigenvalue weighted by atomic mass is 32.1. The van der Waals surface area contributed by atoms with Gasteiger partial charge in [-0.25, -0.2) is 28.1 Å². The molecule has 0 bridgehead atoms. The Kier molecular flexibility index (Phi) is 26.4. The van der Waals surface area contributed by atoms with E-state index < -0.39 is 34.9 Å². The number of pyridine rings is 3. The summed E-state index contributed by atoms with van der Waals surface area (Å²) in [4.78, 5) is 13.9. The zero-order valence-electron chi connectivity index (χ0n) is 65.6. The van der Waals surface area contributed by atoms with Crippen LogP contribution in [0.2, 0.25) is 0 Å². The molecular formula is C83H96F6N22O4S. The van der Waals surface area contributed by atoms with Gasteiger partial charge in [-0.3, -0.25) is 9.36 Å². The van der Waals surface area contributed by atoms with E-state index in [-0.39, 0.29) is 75.3 Å². The van der Waals surface area contributed by atoms with Crippen LogP contribution in [0.15, 0.2) is 115 Å². The summed E-state index contributed by atoms with van der Waals surface area (Å²) in [7, 11) is 0. The first kappa shape index (κ1) is 81.4. The van der Waals surface area contributed by atoms with Crippen molar-refractivity contribution >= 4 is 28.8 Å². The van der Waals surface area contributed by atoms with E-state index in [0.717, 1.165) is 167 Å². The van der Waals surface area contributed by atoms with E-state index in [9.17, 15) is 4.39 Å². The average Bonchev–Trinajstić information content (AvgIpc) is 1.54. The first-order valence-corrected chi connectivity index (χ1v) is 40.9. The lowest BCUT2D eigenvalue weighted by Crippen LogP contribution is -2.20. The maximum Gasteiger partial charge on any atom is 0.202 e. The van der Waals surface area contributed by atoms with Gasteiger partial charge in [-0.15, -0.1) is 26.6 Å². The van der Waals surface area contributed by atoms with Gasteiger partial charge in [-0.1, -0.05) is 98.5 Å². The summed E-state index contributed by atoms with van der Waals surface area (Å²) in [6, 6.07) is 18.0. The number of halogens is 6. The highest BCUT2D eigenvalue weighted by Crippen LogP contribution is 2.40. The quantitative estimate of drug-likeness (QED) is 0.0448. The molecule has 0 amide bonds. The Morgan fingerprint density at radius 3 is 1.22 bits per heavy atom. The summed E-state index contributed by atoms with van der Waals surface area (Å²) in [6.45, 7) is 14.3. The lowest BCUT2D eigenvalue weighted by atomic mass is 9.81. The Labute approximate surface area is 671 Å². The smallest absolute Gasteiger partial charge is 0.202 e. The Hall–Kier alpha value is -11.2. The number of hydrogen-bond acceptors (Lipinski definition) is 22. The van der Waals surface area contributed by atoms with Crippen LogP contribution >= 0.6 is 11.3 Å². The average molecular weight is 1610 g/mol. The van der Waals surface area contributed by atoms with Gasteiger partial charge in [0.05, 0.1) is 54.9 Å². The molecule has 0 atom stereocenters. The number of hydrogen-bond donors (Lipinski definition) is 3. The standard InChI is InChI=1S/C29H34F2N8O2.C29H36F2N8O.C25H26F2N6OS/c1-2-18-3-5-19(6-4-18)17-41-25-8-7-24(26(30)27(25)31)39-29(35-36-37-39)23-13-20(14-33-28(23)32)21-15-34-38(16-21)22-9-11-40-12-10-22;1-4-19-5-7-20(8-6-19)17-40-25-10-9-24(26(30)27(25)31)39-29(35-36-37-39)23-13-21(14-33-28(23)32)22-15-34-38(16-22)12-11-18(2)3;1-2-15-5-7-16(8-6-15)14-34-20-10-9-19(22(26)23(20)27)33-25(30-31-32-33)18-12-17(13-29-24(18)28)21-4-3-11-35-21/h7-8,13-16,18-19,22H,2-6,9-12,17H2,1H3,(H2,32,33);9-10,13-16,18-20H,4-8,11-12,17H2,1-3H3,(H2,32,33);3-4,9-13,15-16H,2,5-8,14H2,1H3,(H2,28,29). The number of benzene rings is 3. The van der Waals surface area contributed by atoms with E-state index in [1.165, 1.54) is 55.7 Å². The Morgan fingerprint density at radius 1 is 0.448 bits per heavy atom. The number of nitrogen functional groups attached to an aromatic ring is 3. The molecule has 0 spiro atoms. The minimum absolute atomic E-state index is 0.112. The van der Waals surface area contributed by atoms with E-state index in [2.05, 4.69) is 106 Å². The molecule has 3 aromatic carbocycles. The fourth-order valence-corrected chi connectivity index (χ4v) is 16.2. The monoisotopic (exact) mass is 1610 g/mol. The van der Waals surface area contributed by atoms with Crippen molar-refractivity contribution in [2.24, 2.45) is 41.4 Å². The van der Waals surface area contributed by atoms with E-state index in [4.69, 9.17) is 36.1 Å². The lowest BCUT2D eigenvalue weighted by molar-refractivity contribution is 0.0662. The Bertz CT molecular complexity index is 5250. The molecule has 0 unspecified atom stereocenters. The van der Waals surface area contributed by atoms with Gasteiger partial charge in [-0.2, -0.15) is 37.4 Å². The summed E-state index contributed by atoms with van der Waals surface area (Å²) >= 11 is 1.55. The molecule has 4 aliphatic rings. The van der Waals surface area contributed by atoms with Gasteiger partial charge < -0.3 is 36.1 Å². The van der Waals surface area contributed by atoms with Crippen molar-refractivity contribution in [3.63, 3.8) is 0 Å². The van der Waals surface area contributed by atoms with Crippen molar-refractivity contribution in [1.29, 1.82) is 0 Å². The predicted octanol–water partition coefficient (Wildman–Crippen LogP) is 17.4. The van der Waals surface area contributed by atoms with E-state index in [0.29, 0.717) is 73.4 Å². The van der Waals surface area contributed by atoms with Crippen LogP contribution in [0.3, 0.4) is 0 Å². The fraction of sp³-hybridized carbons (Fsp3) is 0.446. The van der Waals surface area contributed by atoms with Crippen LogP contribution in [0.5, 0.6) is 17.2 Å². The molecule has 3 aliphatic carbocycles. The molecule has 6 N–H and O–H groups in total. The number of rotatable bonds is 25. The maximum atomic E-state index is 15.4. The highest BCUT2D eigenvalue weighted by molar-refractivity contribution is 7.13. The second-order valence-electron chi connectivity index (χ2n) is 30.9. The molecule has 116 heavy (non-hydrogen) atoms. The van der Waals surface area contributed by atoms with Crippen molar-refractivity contribution in [3.05, 3.63) is 150 Å². The second kappa shape index (κ2) is 37.6. The molecule has 9 aromatic heterocycles. The summed E-state index contributed by atoms with van der Waals surface area (Å²) in [5, 5.41) is 45.9. The third-order valence-corrected chi connectivity index (χ3v) is 23.8. The molecule has 10 heterocycles. The fourth-order valence-electron chi connectivity index (χ4n) is 15.5. The van der Waals surface area contributed by atoms with Crippen LogP contribution in [0, 0.1) is 76.3 Å². The molecular weight excluding hydrogens is 1520 g/mol. The number of aromatic nitrogens is 19. The third kappa shape index (κ3) is 18.8. The summed E-state index contributed by atoms with van der Waals surface area (Å²) in [5.41, 5.74) is 23.2. The van der Waals surface area contributed by atoms with Gasteiger partial charge in [0.2, 0.25) is 17.5 Å². The lowest BCUT2D eigenvalue weighted by Gasteiger charge is -2.27. The maximum absolute atomic E-state index is 15.4. The molecule has 0 radical (unpaired) electrons. The van der Waals surface area contributed by atoms with Crippen LogP contribution < -0.4 is 31.4 Å². The van der Waals surface area contributed by atoms with Gasteiger partial charge in [0, 0.05) is 83.4 Å². The number of thiophene rings is 1. The largest absolute Gasteiger partial charge is 0.490 e. The van der Waals surface area contributed by atoms with Gasteiger partial charge in [0.25, 0.3) is 0 Å². The van der Waals surface area contributed by atoms with Crippen LogP contribution in [0.1, 0.15) is 156 Å². The Morgan fingerprint density at radius 2 is 0.828 bits per heavy atom. The molecule has 1 aliphatic heterocycles. The van der Waals surface area contributed by atoms with Gasteiger partial charge in [-0.05, 0) is 197 Å². The van der Waals surface area contributed by atoms with Crippen molar-refractivity contribution in [2.75, 3.05) is 50.2 Å².